The summed E-state index contributed by atoms with van der Waals surface area (Å²) in [7, 11) is 0. The van der Waals surface area contributed by atoms with Crippen molar-refractivity contribution in [1.82, 2.24) is 5.32 Å². The summed E-state index contributed by atoms with van der Waals surface area (Å²) in [5, 5.41) is 3.77. The third-order valence-electron chi connectivity index (χ3n) is 3.56. The molecule has 2 aromatic carbocycles. The van der Waals surface area contributed by atoms with Crippen LogP contribution >= 0.6 is 11.6 Å². The Labute approximate surface area is 124 Å². The third-order valence-corrected chi connectivity index (χ3v) is 3.89. The molecule has 0 aliphatic heterocycles. The summed E-state index contributed by atoms with van der Waals surface area (Å²) in [6.07, 6.45) is 0. The van der Waals surface area contributed by atoms with Crippen molar-refractivity contribution >= 4 is 11.6 Å². The molecule has 0 saturated heterocycles. The van der Waals surface area contributed by atoms with E-state index in [1.54, 1.807) is 12.1 Å². The van der Waals surface area contributed by atoms with Gasteiger partial charge in [0.2, 0.25) is 0 Å². The fraction of sp³-hybridized carbons (Fsp3) is 0.294. The SMILES string of the molecule is CCNC(c1ccc(C)c(C)c1)c1c(F)cccc1Cl. The quantitative estimate of drug-likeness (QED) is 0.853. The largest absolute Gasteiger partial charge is 0.306 e. The summed E-state index contributed by atoms with van der Waals surface area (Å²) < 4.78 is 14.2. The van der Waals surface area contributed by atoms with Crippen LogP contribution in [0.5, 0.6) is 0 Å². The van der Waals surface area contributed by atoms with E-state index in [9.17, 15) is 4.39 Å². The summed E-state index contributed by atoms with van der Waals surface area (Å²) in [5.41, 5.74) is 3.96. The second-order valence-electron chi connectivity index (χ2n) is 4.97. The van der Waals surface area contributed by atoms with Crippen LogP contribution in [0.2, 0.25) is 5.02 Å². The molecule has 2 aromatic rings. The van der Waals surface area contributed by atoms with Crippen LogP contribution in [0, 0.1) is 19.7 Å². The number of hydrogen-bond donors (Lipinski definition) is 1. The van der Waals surface area contributed by atoms with Crippen molar-refractivity contribution < 1.29 is 4.39 Å². The van der Waals surface area contributed by atoms with Gasteiger partial charge in [0.05, 0.1) is 6.04 Å². The molecule has 1 nitrogen and oxygen atoms in total. The molecule has 3 heteroatoms. The standard InChI is InChI=1S/C17H19ClFN/c1-4-20-17(13-9-8-11(2)12(3)10-13)16-14(18)6-5-7-15(16)19/h5-10,17,20H,4H2,1-3H3. The average Bonchev–Trinajstić information content (AvgIpc) is 2.41. The van der Waals surface area contributed by atoms with Gasteiger partial charge >= 0.3 is 0 Å². The minimum atomic E-state index is -0.276. The highest BCUT2D eigenvalue weighted by atomic mass is 35.5. The van der Waals surface area contributed by atoms with E-state index in [1.807, 2.05) is 13.0 Å². The molecule has 0 radical (unpaired) electrons. The van der Waals surface area contributed by atoms with Crippen LogP contribution < -0.4 is 5.32 Å². The number of rotatable bonds is 4. The molecular weight excluding hydrogens is 273 g/mol. The van der Waals surface area contributed by atoms with Gasteiger partial charge in [0.1, 0.15) is 5.82 Å². The zero-order valence-corrected chi connectivity index (χ0v) is 12.8. The van der Waals surface area contributed by atoms with E-state index in [2.05, 4.69) is 31.3 Å². The lowest BCUT2D eigenvalue weighted by Gasteiger charge is -2.21. The van der Waals surface area contributed by atoms with E-state index in [4.69, 9.17) is 11.6 Å². The minimum absolute atomic E-state index is 0.229. The maximum atomic E-state index is 14.2. The molecule has 0 aromatic heterocycles. The first-order valence-electron chi connectivity index (χ1n) is 6.79. The molecule has 1 unspecified atom stereocenters. The lowest BCUT2D eigenvalue weighted by molar-refractivity contribution is 0.559. The molecule has 0 fully saturated rings. The van der Waals surface area contributed by atoms with E-state index in [1.165, 1.54) is 17.2 Å². The first-order chi connectivity index (χ1) is 9.54. The summed E-state index contributed by atoms with van der Waals surface area (Å²) in [4.78, 5) is 0. The second-order valence-corrected chi connectivity index (χ2v) is 5.38. The van der Waals surface area contributed by atoms with Gasteiger partial charge in [0.25, 0.3) is 0 Å². The van der Waals surface area contributed by atoms with Crippen LogP contribution in [0.3, 0.4) is 0 Å². The Morgan fingerprint density at radius 3 is 2.50 bits per heavy atom. The molecule has 0 spiro atoms. The van der Waals surface area contributed by atoms with Gasteiger partial charge in [-0.1, -0.05) is 42.8 Å². The molecule has 20 heavy (non-hydrogen) atoms. The summed E-state index contributed by atoms with van der Waals surface area (Å²) in [5.74, 6) is -0.276. The van der Waals surface area contributed by atoms with Gasteiger partial charge in [-0.05, 0) is 49.2 Å². The number of nitrogens with one attached hydrogen (secondary N) is 1. The van der Waals surface area contributed by atoms with Crippen LogP contribution in [0.1, 0.15) is 35.2 Å². The van der Waals surface area contributed by atoms with E-state index in [0.29, 0.717) is 10.6 Å². The smallest absolute Gasteiger partial charge is 0.129 e. The molecule has 0 heterocycles. The van der Waals surface area contributed by atoms with Crippen molar-refractivity contribution in [2.45, 2.75) is 26.8 Å². The zero-order valence-electron chi connectivity index (χ0n) is 12.0. The Morgan fingerprint density at radius 2 is 1.90 bits per heavy atom. The predicted octanol–water partition coefficient (Wildman–Crippen LogP) is 4.79. The topological polar surface area (TPSA) is 12.0 Å². The first-order valence-corrected chi connectivity index (χ1v) is 7.16. The maximum Gasteiger partial charge on any atom is 0.129 e. The predicted molar refractivity (Wildman–Crippen MR) is 82.8 cm³/mol. The Kier molecular flexibility index (Phi) is 4.79. The Balaban J connectivity index is 2.53. The van der Waals surface area contributed by atoms with Gasteiger partial charge in [-0.2, -0.15) is 0 Å². The normalized spacial score (nSPS) is 12.4. The molecule has 0 bridgehead atoms. The summed E-state index contributed by atoms with van der Waals surface area (Å²) >= 11 is 6.20. The van der Waals surface area contributed by atoms with Crippen LogP contribution in [0.25, 0.3) is 0 Å². The van der Waals surface area contributed by atoms with E-state index < -0.39 is 0 Å². The molecule has 2 rings (SSSR count). The third kappa shape index (κ3) is 3.02. The van der Waals surface area contributed by atoms with Gasteiger partial charge in [-0.25, -0.2) is 4.39 Å². The highest BCUT2D eigenvalue weighted by Crippen LogP contribution is 2.31. The van der Waals surface area contributed by atoms with Crippen LogP contribution in [0.4, 0.5) is 4.39 Å². The summed E-state index contributed by atoms with van der Waals surface area (Å²) in [6.45, 7) is 6.87. The van der Waals surface area contributed by atoms with Gasteiger partial charge in [0, 0.05) is 10.6 Å². The molecule has 1 N–H and O–H groups in total. The second kappa shape index (κ2) is 6.38. The number of aryl methyl sites for hydroxylation is 2. The van der Waals surface area contributed by atoms with Crippen molar-refractivity contribution in [2.75, 3.05) is 6.54 Å². The van der Waals surface area contributed by atoms with Crippen LogP contribution in [0.15, 0.2) is 36.4 Å². The molecule has 1 atom stereocenters. The number of benzene rings is 2. The van der Waals surface area contributed by atoms with Crippen LogP contribution in [-0.2, 0) is 0 Å². The minimum Gasteiger partial charge on any atom is -0.306 e. The van der Waals surface area contributed by atoms with Crippen molar-refractivity contribution in [3.05, 3.63) is 69.5 Å². The van der Waals surface area contributed by atoms with Crippen molar-refractivity contribution in [2.24, 2.45) is 0 Å². The van der Waals surface area contributed by atoms with Crippen LogP contribution in [-0.4, -0.2) is 6.54 Å². The van der Waals surface area contributed by atoms with Crippen molar-refractivity contribution in [3.63, 3.8) is 0 Å². The molecule has 0 saturated carbocycles. The maximum absolute atomic E-state index is 14.2. The zero-order chi connectivity index (χ0) is 14.7. The Hall–Kier alpha value is -1.38. The molecule has 0 aliphatic rings. The van der Waals surface area contributed by atoms with E-state index >= 15 is 0 Å². The average molecular weight is 292 g/mol. The van der Waals surface area contributed by atoms with E-state index in [-0.39, 0.29) is 11.9 Å². The fourth-order valence-electron chi connectivity index (χ4n) is 2.32. The highest BCUT2D eigenvalue weighted by Gasteiger charge is 2.20. The molecule has 0 aliphatic carbocycles. The van der Waals surface area contributed by atoms with E-state index in [0.717, 1.165) is 12.1 Å². The fourth-order valence-corrected chi connectivity index (χ4v) is 2.59. The van der Waals surface area contributed by atoms with Gasteiger partial charge in [-0.15, -0.1) is 0 Å². The first kappa shape index (κ1) is 15.0. The lowest BCUT2D eigenvalue weighted by Crippen LogP contribution is -2.23. The highest BCUT2D eigenvalue weighted by molar-refractivity contribution is 6.31. The van der Waals surface area contributed by atoms with Gasteiger partial charge < -0.3 is 5.32 Å². The van der Waals surface area contributed by atoms with Crippen molar-refractivity contribution in [3.8, 4) is 0 Å². The summed E-state index contributed by atoms with van der Waals surface area (Å²) in [6, 6.07) is 10.8. The number of hydrogen-bond acceptors (Lipinski definition) is 1. The molecular formula is C17H19ClFN. The van der Waals surface area contributed by atoms with Gasteiger partial charge in [-0.3, -0.25) is 0 Å². The molecule has 0 amide bonds. The lowest BCUT2D eigenvalue weighted by atomic mass is 9.95. The monoisotopic (exact) mass is 291 g/mol. The Morgan fingerprint density at radius 1 is 1.15 bits per heavy atom. The Bertz CT molecular complexity index is 590. The molecule has 106 valence electrons. The van der Waals surface area contributed by atoms with Gasteiger partial charge in [0.15, 0.2) is 0 Å². The number of halogens is 2. The van der Waals surface area contributed by atoms with Crippen molar-refractivity contribution in [1.29, 1.82) is 0 Å².